The summed E-state index contributed by atoms with van der Waals surface area (Å²) in [6.07, 6.45) is 0.628. The van der Waals surface area contributed by atoms with Gasteiger partial charge in [0, 0.05) is 36.1 Å². The molecule has 168 valence electrons. The Labute approximate surface area is 187 Å². The number of Topliss-reactive ketones (excluding diaryl/α,β-unsaturated/α-hetero) is 1. The molecule has 3 N–H and O–H groups in total. The van der Waals surface area contributed by atoms with Crippen molar-refractivity contribution in [2.45, 2.75) is 59.2 Å². The van der Waals surface area contributed by atoms with Crippen molar-refractivity contribution < 1.29 is 14.4 Å². The molecule has 0 spiro atoms. The molecule has 0 aliphatic carbocycles. The second-order valence-corrected chi connectivity index (χ2v) is 9.81. The van der Waals surface area contributed by atoms with E-state index in [1.807, 2.05) is 25.3 Å². The molecular formula is C22H31N5O3S. The highest BCUT2D eigenvalue weighted by Crippen LogP contribution is 2.22. The average molecular weight is 446 g/mol. The lowest BCUT2D eigenvalue weighted by atomic mass is 9.95. The first-order chi connectivity index (χ1) is 14.5. The largest absolute Gasteiger partial charge is 0.370 e. The molecule has 0 aliphatic rings. The van der Waals surface area contributed by atoms with Crippen LogP contribution in [0.15, 0.2) is 29.4 Å². The number of nitrogens with one attached hydrogen (secondary N) is 1. The smallest absolute Gasteiger partial charge is 0.229 e. The zero-order valence-corrected chi connectivity index (χ0v) is 19.6. The van der Waals surface area contributed by atoms with Crippen LogP contribution in [0.5, 0.6) is 0 Å². The van der Waals surface area contributed by atoms with Crippen molar-refractivity contribution in [1.29, 1.82) is 0 Å². The minimum Gasteiger partial charge on any atom is -0.370 e. The van der Waals surface area contributed by atoms with E-state index < -0.39 is 5.41 Å². The summed E-state index contributed by atoms with van der Waals surface area (Å²) in [5, 5.41) is 11.9. The van der Waals surface area contributed by atoms with Crippen LogP contribution in [-0.4, -0.2) is 38.1 Å². The van der Waals surface area contributed by atoms with Gasteiger partial charge < -0.3 is 15.6 Å². The maximum atomic E-state index is 12.6. The Balaban J connectivity index is 2.03. The number of nitrogens with zero attached hydrogens (tertiary/aromatic N) is 3. The Kier molecular flexibility index (Phi) is 8.38. The normalized spacial score (nSPS) is 11.5. The number of carbonyl (C=O) groups excluding carboxylic acids is 3. The molecule has 0 fully saturated rings. The number of nitrogens with two attached hydrogens (primary N) is 1. The number of aryl methyl sites for hydroxylation is 1. The third-order valence-corrected chi connectivity index (χ3v) is 5.38. The molecule has 1 aromatic heterocycles. The predicted molar refractivity (Wildman–Crippen MR) is 122 cm³/mol. The molecule has 2 aromatic rings. The molecule has 0 radical (unpaired) electrons. The van der Waals surface area contributed by atoms with Gasteiger partial charge >= 0.3 is 0 Å². The summed E-state index contributed by atoms with van der Waals surface area (Å²) in [6.45, 7) is 10.4. The van der Waals surface area contributed by atoms with Crippen LogP contribution in [0.25, 0.3) is 0 Å². The molecule has 1 heterocycles. The zero-order valence-electron chi connectivity index (χ0n) is 18.8. The van der Waals surface area contributed by atoms with Crippen molar-refractivity contribution in [3.05, 3.63) is 35.7 Å². The number of ketones is 1. The summed E-state index contributed by atoms with van der Waals surface area (Å²) < 4.78 is 1.96. The SMILES string of the molecule is CC(C)Cn1c(CCC(N)=O)nnc1SCC(=O)c1ccc(NC(=O)C(C)(C)C)cc1. The number of anilines is 1. The number of amides is 2. The highest BCUT2D eigenvalue weighted by molar-refractivity contribution is 7.99. The van der Waals surface area contributed by atoms with Crippen LogP contribution < -0.4 is 11.1 Å². The minimum atomic E-state index is -0.493. The van der Waals surface area contributed by atoms with Gasteiger partial charge in [-0.2, -0.15) is 0 Å². The first-order valence-corrected chi connectivity index (χ1v) is 11.2. The van der Waals surface area contributed by atoms with Gasteiger partial charge in [-0.1, -0.05) is 46.4 Å². The molecule has 1 aromatic carbocycles. The van der Waals surface area contributed by atoms with E-state index >= 15 is 0 Å². The zero-order chi connectivity index (χ0) is 23.2. The summed E-state index contributed by atoms with van der Waals surface area (Å²) in [7, 11) is 0. The predicted octanol–water partition coefficient (Wildman–Crippen LogP) is 3.31. The summed E-state index contributed by atoms with van der Waals surface area (Å²) in [6, 6.07) is 6.87. The van der Waals surface area contributed by atoms with Gasteiger partial charge in [-0.25, -0.2) is 0 Å². The van der Waals surface area contributed by atoms with Crippen LogP contribution in [0.4, 0.5) is 5.69 Å². The number of aromatic nitrogens is 3. The molecule has 2 amide bonds. The van der Waals surface area contributed by atoms with E-state index in [9.17, 15) is 14.4 Å². The first kappa shape index (κ1) is 24.6. The summed E-state index contributed by atoms with van der Waals surface area (Å²) in [5.41, 5.74) is 5.97. The summed E-state index contributed by atoms with van der Waals surface area (Å²) in [4.78, 5) is 35.8. The second kappa shape index (κ2) is 10.6. The fourth-order valence-corrected chi connectivity index (χ4v) is 3.53. The van der Waals surface area contributed by atoms with E-state index in [0.717, 1.165) is 0 Å². The fraction of sp³-hybridized carbons (Fsp3) is 0.500. The van der Waals surface area contributed by atoms with Crippen molar-refractivity contribution in [3.8, 4) is 0 Å². The maximum absolute atomic E-state index is 12.6. The monoisotopic (exact) mass is 445 g/mol. The molecule has 8 nitrogen and oxygen atoms in total. The van der Waals surface area contributed by atoms with E-state index in [2.05, 4.69) is 29.4 Å². The number of thioether (sulfide) groups is 1. The van der Waals surface area contributed by atoms with Gasteiger partial charge in [-0.15, -0.1) is 10.2 Å². The van der Waals surface area contributed by atoms with Crippen LogP contribution in [0.3, 0.4) is 0 Å². The molecule has 0 aliphatic heterocycles. The molecule has 0 bridgehead atoms. The lowest BCUT2D eigenvalue weighted by Gasteiger charge is -2.17. The Morgan fingerprint density at radius 2 is 1.77 bits per heavy atom. The van der Waals surface area contributed by atoms with E-state index in [-0.39, 0.29) is 29.8 Å². The van der Waals surface area contributed by atoms with Crippen LogP contribution in [0.2, 0.25) is 0 Å². The van der Waals surface area contributed by atoms with Gasteiger partial charge in [0.25, 0.3) is 0 Å². The second-order valence-electron chi connectivity index (χ2n) is 8.86. The number of benzene rings is 1. The molecule has 0 saturated carbocycles. The maximum Gasteiger partial charge on any atom is 0.229 e. The fourth-order valence-electron chi connectivity index (χ4n) is 2.67. The van der Waals surface area contributed by atoms with Crippen LogP contribution >= 0.6 is 11.8 Å². The van der Waals surface area contributed by atoms with Gasteiger partial charge in [0.15, 0.2) is 10.9 Å². The van der Waals surface area contributed by atoms with Crippen LogP contribution in [0, 0.1) is 11.3 Å². The number of rotatable bonds is 10. The van der Waals surface area contributed by atoms with Crippen LogP contribution in [-0.2, 0) is 22.6 Å². The Morgan fingerprint density at radius 1 is 1.13 bits per heavy atom. The highest BCUT2D eigenvalue weighted by Gasteiger charge is 2.21. The van der Waals surface area contributed by atoms with Gasteiger partial charge in [-0.05, 0) is 30.2 Å². The Hall–Kier alpha value is -2.68. The van der Waals surface area contributed by atoms with Crippen molar-refractivity contribution in [2.24, 2.45) is 17.1 Å². The Morgan fingerprint density at radius 3 is 2.32 bits per heavy atom. The Bertz CT molecular complexity index is 930. The van der Waals surface area contributed by atoms with Crippen molar-refractivity contribution in [3.63, 3.8) is 0 Å². The van der Waals surface area contributed by atoms with Gasteiger partial charge in [0.1, 0.15) is 5.82 Å². The van der Waals surface area contributed by atoms with Gasteiger partial charge in [0.05, 0.1) is 5.75 Å². The van der Waals surface area contributed by atoms with E-state index in [4.69, 9.17) is 5.73 Å². The summed E-state index contributed by atoms with van der Waals surface area (Å²) >= 11 is 1.32. The van der Waals surface area contributed by atoms with Gasteiger partial charge in [-0.3, -0.25) is 14.4 Å². The van der Waals surface area contributed by atoms with E-state index in [1.165, 1.54) is 11.8 Å². The van der Waals surface area contributed by atoms with E-state index in [1.54, 1.807) is 24.3 Å². The average Bonchev–Trinajstić information content (AvgIpc) is 3.05. The quantitative estimate of drug-likeness (QED) is 0.428. The minimum absolute atomic E-state index is 0.0449. The molecule has 31 heavy (non-hydrogen) atoms. The number of carbonyl (C=O) groups is 3. The first-order valence-electron chi connectivity index (χ1n) is 10.2. The van der Waals surface area contributed by atoms with Gasteiger partial charge in [0.2, 0.25) is 11.8 Å². The number of primary amides is 1. The molecule has 9 heteroatoms. The molecule has 0 unspecified atom stereocenters. The van der Waals surface area contributed by atoms with E-state index in [0.29, 0.717) is 41.1 Å². The lowest BCUT2D eigenvalue weighted by molar-refractivity contribution is -0.123. The highest BCUT2D eigenvalue weighted by atomic mass is 32.2. The topological polar surface area (TPSA) is 120 Å². The number of hydrogen-bond acceptors (Lipinski definition) is 6. The summed E-state index contributed by atoms with van der Waals surface area (Å²) in [5.74, 6) is 0.746. The standard InChI is InChI=1S/C22H31N5O3S/c1-14(2)12-27-19(11-10-18(23)29)25-26-21(27)31-13-17(28)15-6-8-16(9-7-15)24-20(30)22(3,4)5/h6-9,14H,10-13H2,1-5H3,(H2,23,29)(H,24,30). The van der Waals surface area contributed by atoms with Crippen LogP contribution in [0.1, 0.15) is 57.2 Å². The van der Waals surface area contributed by atoms with Crippen molar-refractivity contribution in [1.82, 2.24) is 14.8 Å². The third-order valence-electron chi connectivity index (χ3n) is 4.41. The van der Waals surface area contributed by atoms with Crippen molar-refractivity contribution in [2.75, 3.05) is 11.1 Å². The lowest BCUT2D eigenvalue weighted by Crippen LogP contribution is -2.27. The molecule has 2 rings (SSSR count). The third kappa shape index (κ3) is 7.50. The molecule has 0 atom stereocenters. The molecular weight excluding hydrogens is 414 g/mol. The molecule has 0 saturated heterocycles. The number of hydrogen-bond donors (Lipinski definition) is 2. The van der Waals surface area contributed by atoms with Crippen molar-refractivity contribution >= 4 is 35.0 Å².